The third-order valence-electron chi connectivity index (χ3n) is 3.67. The highest BCUT2D eigenvalue weighted by Crippen LogP contribution is 2.18. The molecule has 140 valence electrons. The third kappa shape index (κ3) is 4.93. The molecule has 2 aromatic carbocycles. The maximum absolute atomic E-state index is 12.4. The van der Waals surface area contributed by atoms with Crippen LogP contribution in [0.15, 0.2) is 58.2 Å². The monoisotopic (exact) mass is 405 g/mol. The first-order valence-corrected chi connectivity index (χ1v) is 10.0. The summed E-state index contributed by atoms with van der Waals surface area (Å²) in [6, 6.07) is 13.5. The van der Waals surface area contributed by atoms with Gasteiger partial charge in [-0.05, 0) is 36.8 Å². The molecular formula is C18H16ClN3O4S. The fourth-order valence-electron chi connectivity index (χ4n) is 2.31. The molecule has 9 heteroatoms. The van der Waals surface area contributed by atoms with Crippen LogP contribution in [0.3, 0.4) is 0 Å². The summed E-state index contributed by atoms with van der Waals surface area (Å²) in [5, 5.41) is 9.81. The van der Waals surface area contributed by atoms with E-state index in [1.807, 2.05) is 19.1 Å². The molecule has 0 bridgehead atoms. The van der Waals surface area contributed by atoms with E-state index in [1.54, 1.807) is 36.4 Å². The molecule has 0 saturated carbocycles. The Hall–Kier alpha value is -2.71. The topological polar surface area (TPSA) is 102 Å². The Balaban J connectivity index is 1.65. The third-order valence-corrected chi connectivity index (χ3v) is 5.32. The van der Waals surface area contributed by atoms with Gasteiger partial charge in [0.15, 0.2) is 0 Å². The average Bonchev–Trinajstić information content (AvgIpc) is 3.10. The molecule has 1 N–H and O–H groups in total. The highest BCUT2D eigenvalue weighted by molar-refractivity contribution is 7.90. The minimum absolute atomic E-state index is 0.000121. The van der Waals surface area contributed by atoms with Gasteiger partial charge in [0.1, 0.15) is 0 Å². The number of hydrogen-bond acceptors (Lipinski definition) is 6. The molecule has 1 amide bonds. The number of carbonyl (C=O) groups is 1. The van der Waals surface area contributed by atoms with E-state index in [-0.39, 0.29) is 24.1 Å². The number of aryl methyl sites for hydroxylation is 1. The number of amides is 1. The first-order chi connectivity index (χ1) is 12.8. The number of nitrogens with zero attached hydrogens (tertiary/aromatic N) is 2. The average molecular weight is 406 g/mol. The number of aromatic nitrogens is 2. The van der Waals surface area contributed by atoms with E-state index < -0.39 is 15.1 Å². The van der Waals surface area contributed by atoms with Crippen LogP contribution in [-0.2, 0) is 22.1 Å². The second-order valence-electron chi connectivity index (χ2n) is 5.90. The van der Waals surface area contributed by atoms with E-state index in [1.165, 1.54) is 0 Å². The molecule has 3 rings (SSSR count). The van der Waals surface area contributed by atoms with Crippen LogP contribution < -0.4 is 5.32 Å². The van der Waals surface area contributed by atoms with Crippen molar-refractivity contribution < 1.29 is 17.6 Å². The van der Waals surface area contributed by atoms with Crippen molar-refractivity contribution in [3.8, 4) is 0 Å². The van der Waals surface area contributed by atoms with Gasteiger partial charge in [0.25, 0.3) is 5.91 Å². The van der Waals surface area contributed by atoms with Crippen molar-refractivity contribution in [2.45, 2.75) is 24.4 Å². The molecule has 0 aliphatic rings. The number of nitrogens with one attached hydrogen (secondary N) is 1. The first-order valence-electron chi connectivity index (χ1n) is 7.98. The summed E-state index contributed by atoms with van der Waals surface area (Å²) < 4.78 is 30.0. The van der Waals surface area contributed by atoms with Crippen LogP contribution >= 0.6 is 11.6 Å². The molecule has 0 spiro atoms. The number of hydrogen-bond donors (Lipinski definition) is 1. The molecule has 1 heterocycles. The normalized spacial score (nSPS) is 11.3. The minimum atomic E-state index is -3.82. The maximum atomic E-state index is 12.4. The molecule has 0 aliphatic heterocycles. The standard InChI is InChI=1S/C18H16ClN3O4S/c1-12-5-7-14(8-6-12)17(23)20-10-16-21-22-18(26-16)27(24,25)11-13-3-2-4-15(19)9-13/h2-9H,10-11H2,1H3,(H,20,23). The molecule has 7 nitrogen and oxygen atoms in total. The molecule has 3 aromatic rings. The summed E-state index contributed by atoms with van der Waals surface area (Å²) in [6.45, 7) is 1.85. The number of halogens is 1. The van der Waals surface area contributed by atoms with E-state index in [4.69, 9.17) is 16.0 Å². The van der Waals surface area contributed by atoms with Gasteiger partial charge in [-0.2, -0.15) is 0 Å². The Morgan fingerprint density at radius 1 is 1.15 bits per heavy atom. The van der Waals surface area contributed by atoms with Crippen LogP contribution in [0.2, 0.25) is 5.02 Å². The summed E-state index contributed by atoms with van der Waals surface area (Å²) in [5.74, 6) is -0.637. The maximum Gasteiger partial charge on any atom is 0.335 e. The number of sulfone groups is 1. The summed E-state index contributed by atoms with van der Waals surface area (Å²) in [7, 11) is -3.82. The van der Waals surface area contributed by atoms with Crippen molar-refractivity contribution in [1.82, 2.24) is 15.5 Å². The Kier molecular flexibility index (Phi) is 5.57. The highest BCUT2D eigenvalue weighted by Gasteiger charge is 2.23. The lowest BCUT2D eigenvalue weighted by Gasteiger charge is -2.03. The highest BCUT2D eigenvalue weighted by atomic mass is 35.5. The molecule has 1 aromatic heterocycles. The largest absolute Gasteiger partial charge is 0.411 e. The van der Waals surface area contributed by atoms with Gasteiger partial charge in [-0.25, -0.2) is 8.42 Å². The fraction of sp³-hybridized carbons (Fsp3) is 0.167. The molecule has 0 fully saturated rings. The van der Waals surface area contributed by atoms with Crippen molar-refractivity contribution in [3.05, 3.63) is 76.1 Å². The van der Waals surface area contributed by atoms with E-state index in [2.05, 4.69) is 15.5 Å². The lowest BCUT2D eigenvalue weighted by molar-refractivity contribution is 0.0946. The summed E-state index contributed by atoms with van der Waals surface area (Å²) >= 11 is 5.87. The smallest absolute Gasteiger partial charge is 0.335 e. The van der Waals surface area contributed by atoms with Crippen molar-refractivity contribution in [2.75, 3.05) is 0 Å². The first kappa shape index (κ1) is 19.1. The molecule has 0 radical (unpaired) electrons. The van der Waals surface area contributed by atoms with Gasteiger partial charge in [0.05, 0.1) is 12.3 Å². The van der Waals surface area contributed by atoms with Crippen molar-refractivity contribution in [1.29, 1.82) is 0 Å². The zero-order valence-corrected chi connectivity index (χ0v) is 15.9. The zero-order valence-electron chi connectivity index (χ0n) is 14.3. The lowest BCUT2D eigenvalue weighted by atomic mass is 10.1. The van der Waals surface area contributed by atoms with Gasteiger partial charge in [-0.15, -0.1) is 5.10 Å². The fourth-order valence-corrected chi connectivity index (χ4v) is 3.65. The molecular weight excluding hydrogens is 390 g/mol. The van der Waals surface area contributed by atoms with Crippen molar-refractivity contribution in [2.24, 2.45) is 0 Å². The summed E-state index contributed by atoms with van der Waals surface area (Å²) in [6.07, 6.45) is 0. The Labute approximate surface area is 161 Å². The quantitative estimate of drug-likeness (QED) is 0.676. The van der Waals surface area contributed by atoms with Gasteiger partial charge in [-0.3, -0.25) is 4.79 Å². The Morgan fingerprint density at radius 2 is 1.89 bits per heavy atom. The predicted octanol–water partition coefficient (Wildman–Crippen LogP) is 2.94. The molecule has 0 saturated heterocycles. The van der Waals surface area contributed by atoms with E-state index in [0.717, 1.165) is 5.56 Å². The van der Waals surface area contributed by atoms with E-state index in [9.17, 15) is 13.2 Å². The van der Waals surface area contributed by atoms with Gasteiger partial charge in [0, 0.05) is 10.6 Å². The second kappa shape index (κ2) is 7.89. The number of benzene rings is 2. The van der Waals surface area contributed by atoms with Gasteiger partial charge in [-0.1, -0.05) is 46.5 Å². The van der Waals surface area contributed by atoms with Crippen LogP contribution in [0.5, 0.6) is 0 Å². The number of carbonyl (C=O) groups excluding carboxylic acids is 1. The van der Waals surface area contributed by atoms with Crippen molar-refractivity contribution in [3.63, 3.8) is 0 Å². The van der Waals surface area contributed by atoms with Crippen LogP contribution in [0, 0.1) is 6.92 Å². The summed E-state index contributed by atoms with van der Waals surface area (Å²) in [5.41, 5.74) is 2.03. The van der Waals surface area contributed by atoms with E-state index in [0.29, 0.717) is 16.1 Å². The molecule has 0 atom stereocenters. The zero-order chi connectivity index (χ0) is 19.4. The van der Waals surface area contributed by atoms with E-state index >= 15 is 0 Å². The van der Waals surface area contributed by atoms with Crippen LogP contribution in [-0.4, -0.2) is 24.5 Å². The van der Waals surface area contributed by atoms with Gasteiger partial charge >= 0.3 is 5.22 Å². The SMILES string of the molecule is Cc1ccc(C(=O)NCc2nnc(S(=O)(=O)Cc3cccc(Cl)c3)o2)cc1. The van der Waals surface area contributed by atoms with Gasteiger partial charge < -0.3 is 9.73 Å². The molecule has 0 unspecified atom stereocenters. The summed E-state index contributed by atoms with van der Waals surface area (Å²) in [4.78, 5) is 12.1. The minimum Gasteiger partial charge on any atom is -0.411 e. The Morgan fingerprint density at radius 3 is 2.59 bits per heavy atom. The van der Waals surface area contributed by atoms with Crippen LogP contribution in [0.4, 0.5) is 0 Å². The van der Waals surface area contributed by atoms with Gasteiger partial charge in [0.2, 0.25) is 15.7 Å². The lowest BCUT2D eigenvalue weighted by Crippen LogP contribution is -2.22. The number of rotatable bonds is 6. The second-order valence-corrected chi connectivity index (χ2v) is 8.20. The predicted molar refractivity (Wildman–Crippen MR) is 99.0 cm³/mol. The molecule has 0 aliphatic carbocycles. The van der Waals surface area contributed by atoms with Crippen LogP contribution in [0.1, 0.15) is 27.4 Å². The van der Waals surface area contributed by atoms with Crippen molar-refractivity contribution >= 4 is 27.3 Å². The Bertz CT molecular complexity index is 1060. The van der Waals surface area contributed by atoms with Crippen LogP contribution in [0.25, 0.3) is 0 Å². The molecule has 27 heavy (non-hydrogen) atoms.